The molecule has 4 rings (SSSR count). The van der Waals surface area contributed by atoms with Gasteiger partial charge in [0.2, 0.25) is 0 Å². The zero-order valence-electron chi connectivity index (χ0n) is 15.6. The average Bonchev–Trinajstić information content (AvgIpc) is 3.25. The molecule has 0 unspecified atom stereocenters. The minimum atomic E-state index is -0.623. The van der Waals surface area contributed by atoms with Crippen molar-refractivity contribution in [3.05, 3.63) is 101 Å². The fraction of sp³-hybridized carbons (Fsp3) is 0.0435. The normalized spacial score (nSPS) is 10.8. The van der Waals surface area contributed by atoms with Crippen LogP contribution in [0.4, 0.5) is 8.78 Å². The van der Waals surface area contributed by atoms with Gasteiger partial charge in [0.25, 0.3) is 5.91 Å². The first-order valence-corrected chi connectivity index (χ1v) is 9.51. The second kappa shape index (κ2) is 8.47. The molecular formula is C23H16ClF2N3O. The number of carbonyl (C=O) groups is 1. The van der Waals surface area contributed by atoms with E-state index in [1.807, 2.05) is 24.3 Å². The van der Waals surface area contributed by atoms with Crippen LogP contribution >= 0.6 is 11.6 Å². The van der Waals surface area contributed by atoms with Gasteiger partial charge in [-0.3, -0.25) is 4.79 Å². The van der Waals surface area contributed by atoms with Crippen LogP contribution in [0.2, 0.25) is 5.02 Å². The van der Waals surface area contributed by atoms with Crippen molar-refractivity contribution in [1.29, 1.82) is 0 Å². The number of aromatic amines is 1. The second-order valence-corrected chi connectivity index (χ2v) is 7.09. The average molecular weight is 424 g/mol. The molecule has 0 aliphatic carbocycles. The van der Waals surface area contributed by atoms with Gasteiger partial charge < -0.3 is 10.3 Å². The lowest BCUT2D eigenvalue weighted by Gasteiger charge is -2.07. The molecule has 30 heavy (non-hydrogen) atoms. The first kappa shape index (κ1) is 19.8. The summed E-state index contributed by atoms with van der Waals surface area (Å²) in [7, 11) is 0. The van der Waals surface area contributed by atoms with Gasteiger partial charge in [-0.2, -0.15) is 0 Å². The maximum atomic E-state index is 13.8. The summed E-state index contributed by atoms with van der Waals surface area (Å²) < 4.78 is 26.9. The van der Waals surface area contributed by atoms with Crippen molar-refractivity contribution in [2.45, 2.75) is 6.54 Å². The third-order valence-corrected chi connectivity index (χ3v) is 4.82. The molecule has 0 spiro atoms. The summed E-state index contributed by atoms with van der Waals surface area (Å²) in [5, 5.41) is 2.98. The Balaban J connectivity index is 1.42. The monoisotopic (exact) mass is 423 g/mol. The van der Waals surface area contributed by atoms with Gasteiger partial charge in [-0.15, -0.1) is 0 Å². The van der Waals surface area contributed by atoms with E-state index in [1.54, 1.807) is 18.3 Å². The standard InChI is InChI=1S/C23H16ClF2N3O/c24-17-7-10-20(26)19(11-17)23(30)28-12-14-1-3-16(4-2-14)22-27-13-21(29-22)15-5-8-18(25)9-6-15/h1-11,13H,12H2,(H,27,29)(H,28,30). The van der Waals surface area contributed by atoms with E-state index in [0.717, 1.165) is 28.5 Å². The molecule has 2 N–H and O–H groups in total. The van der Waals surface area contributed by atoms with Gasteiger partial charge in [0.05, 0.1) is 17.5 Å². The predicted molar refractivity (Wildman–Crippen MR) is 112 cm³/mol. The number of benzene rings is 3. The predicted octanol–water partition coefficient (Wildman–Crippen LogP) is 5.61. The van der Waals surface area contributed by atoms with E-state index in [1.165, 1.54) is 24.3 Å². The van der Waals surface area contributed by atoms with E-state index in [-0.39, 0.29) is 17.9 Å². The number of aromatic nitrogens is 2. The molecule has 4 nitrogen and oxygen atoms in total. The van der Waals surface area contributed by atoms with Crippen molar-refractivity contribution in [2.24, 2.45) is 0 Å². The Kier molecular flexibility index (Phi) is 5.59. The molecule has 150 valence electrons. The van der Waals surface area contributed by atoms with E-state index >= 15 is 0 Å². The Morgan fingerprint density at radius 2 is 1.67 bits per heavy atom. The number of nitrogens with one attached hydrogen (secondary N) is 2. The van der Waals surface area contributed by atoms with Crippen molar-refractivity contribution >= 4 is 17.5 Å². The number of imidazole rings is 1. The van der Waals surface area contributed by atoms with Gasteiger partial charge in [0.1, 0.15) is 17.5 Å². The van der Waals surface area contributed by atoms with Crippen LogP contribution in [0.15, 0.2) is 72.9 Å². The molecule has 0 bridgehead atoms. The van der Waals surface area contributed by atoms with E-state index in [0.29, 0.717) is 10.8 Å². The fourth-order valence-electron chi connectivity index (χ4n) is 2.97. The number of rotatable bonds is 5. The fourth-order valence-corrected chi connectivity index (χ4v) is 3.15. The number of amides is 1. The first-order chi connectivity index (χ1) is 14.5. The van der Waals surface area contributed by atoms with Gasteiger partial charge >= 0.3 is 0 Å². The van der Waals surface area contributed by atoms with Crippen LogP contribution in [0.25, 0.3) is 22.6 Å². The zero-order valence-corrected chi connectivity index (χ0v) is 16.4. The summed E-state index contributed by atoms with van der Waals surface area (Å²) in [6.45, 7) is 0.240. The van der Waals surface area contributed by atoms with Crippen LogP contribution in [-0.4, -0.2) is 15.9 Å². The molecule has 0 radical (unpaired) electrons. The van der Waals surface area contributed by atoms with Gasteiger partial charge in [-0.05, 0) is 53.6 Å². The minimum absolute atomic E-state index is 0.0944. The highest BCUT2D eigenvalue weighted by atomic mass is 35.5. The Hall–Kier alpha value is -3.51. The SMILES string of the molecule is O=C(NCc1ccc(-c2ncc(-c3ccc(F)cc3)[nH]2)cc1)c1cc(Cl)ccc1F. The molecule has 1 heterocycles. The molecule has 0 saturated carbocycles. The smallest absolute Gasteiger partial charge is 0.254 e. The van der Waals surface area contributed by atoms with Crippen LogP contribution in [-0.2, 0) is 6.54 Å². The first-order valence-electron chi connectivity index (χ1n) is 9.13. The van der Waals surface area contributed by atoms with E-state index in [9.17, 15) is 13.6 Å². The van der Waals surface area contributed by atoms with Crippen LogP contribution < -0.4 is 5.32 Å². The number of hydrogen-bond acceptors (Lipinski definition) is 2. The molecule has 0 saturated heterocycles. The summed E-state index contributed by atoms with van der Waals surface area (Å²) in [4.78, 5) is 19.8. The Bertz CT molecular complexity index is 1190. The largest absolute Gasteiger partial charge is 0.348 e. The van der Waals surface area contributed by atoms with Gasteiger partial charge in [0.15, 0.2) is 0 Å². The number of hydrogen-bond donors (Lipinski definition) is 2. The van der Waals surface area contributed by atoms with Crippen LogP contribution in [0.1, 0.15) is 15.9 Å². The molecule has 1 amide bonds. The highest BCUT2D eigenvalue weighted by Gasteiger charge is 2.12. The van der Waals surface area contributed by atoms with Crippen LogP contribution in [0.3, 0.4) is 0 Å². The molecule has 0 aliphatic rings. The Labute approximate surface area is 176 Å². The van der Waals surface area contributed by atoms with Crippen molar-refractivity contribution in [3.63, 3.8) is 0 Å². The number of carbonyl (C=O) groups excluding carboxylic acids is 1. The number of halogens is 3. The van der Waals surface area contributed by atoms with Crippen molar-refractivity contribution < 1.29 is 13.6 Å². The molecule has 0 aliphatic heterocycles. The van der Waals surface area contributed by atoms with Gasteiger partial charge in [-0.25, -0.2) is 13.8 Å². The summed E-state index contributed by atoms with van der Waals surface area (Å²) in [6.07, 6.45) is 1.69. The third-order valence-electron chi connectivity index (χ3n) is 4.58. The van der Waals surface area contributed by atoms with Crippen LogP contribution in [0.5, 0.6) is 0 Å². The lowest BCUT2D eigenvalue weighted by atomic mass is 10.1. The second-order valence-electron chi connectivity index (χ2n) is 6.66. The third kappa shape index (κ3) is 4.39. The molecular weight excluding hydrogens is 408 g/mol. The molecule has 7 heteroatoms. The van der Waals surface area contributed by atoms with Crippen molar-refractivity contribution in [3.8, 4) is 22.6 Å². The maximum absolute atomic E-state index is 13.8. The minimum Gasteiger partial charge on any atom is -0.348 e. The zero-order chi connectivity index (χ0) is 21.1. The van der Waals surface area contributed by atoms with Crippen molar-refractivity contribution in [2.75, 3.05) is 0 Å². The number of nitrogens with zero attached hydrogens (tertiary/aromatic N) is 1. The van der Waals surface area contributed by atoms with Crippen LogP contribution in [0, 0.1) is 11.6 Å². The lowest BCUT2D eigenvalue weighted by Crippen LogP contribution is -2.23. The number of H-pyrrole nitrogens is 1. The highest BCUT2D eigenvalue weighted by Crippen LogP contribution is 2.23. The summed E-state index contributed by atoms with van der Waals surface area (Å²) >= 11 is 5.83. The molecule has 0 fully saturated rings. The lowest BCUT2D eigenvalue weighted by molar-refractivity contribution is 0.0947. The Morgan fingerprint density at radius 1 is 0.967 bits per heavy atom. The summed E-state index contributed by atoms with van der Waals surface area (Å²) in [5.74, 6) is -0.777. The topological polar surface area (TPSA) is 57.8 Å². The maximum Gasteiger partial charge on any atom is 0.254 e. The molecule has 3 aromatic carbocycles. The van der Waals surface area contributed by atoms with E-state index < -0.39 is 11.7 Å². The van der Waals surface area contributed by atoms with Crippen molar-refractivity contribution in [1.82, 2.24) is 15.3 Å². The van der Waals surface area contributed by atoms with Gasteiger partial charge in [0, 0.05) is 17.1 Å². The molecule has 4 aromatic rings. The molecule has 1 aromatic heterocycles. The summed E-state index contributed by atoms with van der Waals surface area (Å²) in [6, 6.07) is 17.4. The van der Waals surface area contributed by atoms with E-state index in [4.69, 9.17) is 11.6 Å². The molecule has 0 atom stereocenters. The highest BCUT2D eigenvalue weighted by molar-refractivity contribution is 6.31. The van der Waals surface area contributed by atoms with Gasteiger partial charge in [-0.1, -0.05) is 35.9 Å². The quantitative estimate of drug-likeness (QED) is 0.438. The van der Waals surface area contributed by atoms with E-state index in [2.05, 4.69) is 15.3 Å². The summed E-state index contributed by atoms with van der Waals surface area (Å²) in [5.41, 5.74) is 3.23. The Morgan fingerprint density at radius 3 is 2.40 bits per heavy atom.